The molecule has 4 rings (SSSR count). The molecule has 5 nitrogen and oxygen atoms in total. The van der Waals surface area contributed by atoms with Crippen LogP contribution in [0.1, 0.15) is 10.5 Å². The van der Waals surface area contributed by atoms with E-state index in [-0.39, 0.29) is 11.7 Å². The number of carbonyl (C=O) groups excluding carboxylic acids is 1. The van der Waals surface area contributed by atoms with Gasteiger partial charge in [-0.25, -0.2) is 9.37 Å². The fourth-order valence-electron chi connectivity index (χ4n) is 3.14. The minimum Gasteiger partial charge on any atom is -0.366 e. The third kappa shape index (κ3) is 2.50. The van der Waals surface area contributed by atoms with Crippen molar-refractivity contribution in [3.63, 3.8) is 0 Å². The molecule has 1 aliphatic heterocycles. The maximum Gasteiger partial charge on any atom is 0.271 e. The Hall–Kier alpha value is -2.89. The topological polar surface area (TPSA) is 40.9 Å². The van der Waals surface area contributed by atoms with E-state index in [1.807, 2.05) is 28.0 Å². The van der Waals surface area contributed by atoms with Crippen molar-refractivity contribution in [1.29, 1.82) is 0 Å². The number of piperazine rings is 1. The second-order valence-electron chi connectivity index (χ2n) is 5.80. The van der Waals surface area contributed by atoms with Crippen molar-refractivity contribution in [3.05, 3.63) is 66.4 Å². The normalized spacial score (nSPS) is 15.0. The van der Waals surface area contributed by atoms with Crippen molar-refractivity contribution < 1.29 is 9.18 Å². The predicted molar refractivity (Wildman–Crippen MR) is 89.7 cm³/mol. The van der Waals surface area contributed by atoms with Gasteiger partial charge >= 0.3 is 0 Å². The Balaban J connectivity index is 1.51. The predicted octanol–water partition coefficient (Wildman–Crippen LogP) is 2.44. The number of halogens is 1. The highest BCUT2D eigenvalue weighted by molar-refractivity contribution is 5.93. The summed E-state index contributed by atoms with van der Waals surface area (Å²) < 4.78 is 15.7. The Morgan fingerprint density at radius 3 is 2.58 bits per heavy atom. The van der Waals surface area contributed by atoms with Crippen LogP contribution in [-0.2, 0) is 0 Å². The average Bonchev–Trinajstić information content (AvgIpc) is 3.10. The van der Waals surface area contributed by atoms with Crippen LogP contribution in [0.25, 0.3) is 5.65 Å². The summed E-state index contributed by atoms with van der Waals surface area (Å²) in [6.07, 6.45) is 3.47. The van der Waals surface area contributed by atoms with Crippen molar-refractivity contribution in [1.82, 2.24) is 14.3 Å². The summed E-state index contributed by atoms with van der Waals surface area (Å²) in [6, 6.07) is 12.3. The van der Waals surface area contributed by atoms with Crippen LogP contribution in [-0.4, -0.2) is 46.4 Å². The zero-order chi connectivity index (χ0) is 16.5. The van der Waals surface area contributed by atoms with Crippen LogP contribution in [0.5, 0.6) is 0 Å². The molecule has 0 bridgehead atoms. The molecule has 0 N–H and O–H groups in total. The van der Waals surface area contributed by atoms with Crippen LogP contribution in [0, 0.1) is 5.82 Å². The summed E-state index contributed by atoms with van der Waals surface area (Å²) >= 11 is 0. The second kappa shape index (κ2) is 5.96. The molecular weight excluding hydrogens is 307 g/mol. The average molecular weight is 324 g/mol. The molecule has 6 heteroatoms. The molecule has 3 heterocycles. The third-order valence-corrected chi connectivity index (χ3v) is 4.41. The van der Waals surface area contributed by atoms with Crippen LogP contribution in [0.15, 0.2) is 54.9 Å². The smallest absolute Gasteiger partial charge is 0.271 e. The first-order valence-corrected chi connectivity index (χ1v) is 7.95. The maximum absolute atomic E-state index is 13.9. The number of imidazole rings is 1. The molecule has 1 fully saturated rings. The summed E-state index contributed by atoms with van der Waals surface area (Å²) in [6.45, 7) is 2.37. The van der Waals surface area contributed by atoms with Gasteiger partial charge < -0.3 is 9.80 Å². The number of hydrogen-bond acceptors (Lipinski definition) is 3. The molecule has 0 saturated carbocycles. The zero-order valence-electron chi connectivity index (χ0n) is 13.1. The molecule has 0 unspecified atom stereocenters. The standard InChI is InChI=1S/C18H17FN4O/c19-14-4-1-2-5-15(14)21-10-12-22(13-11-21)18(24)16-6-3-7-17-20-8-9-23(16)17/h1-9H,10-13H2. The summed E-state index contributed by atoms with van der Waals surface area (Å²) in [7, 11) is 0. The monoisotopic (exact) mass is 324 g/mol. The number of rotatable bonds is 2. The van der Waals surface area contributed by atoms with Gasteiger partial charge in [-0.15, -0.1) is 0 Å². The Morgan fingerprint density at radius 1 is 1.00 bits per heavy atom. The van der Waals surface area contributed by atoms with E-state index in [0.29, 0.717) is 37.6 Å². The van der Waals surface area contributed by atoms with Crippen molar-refractivity contribution in [3.8, 4) is 0 Å². The van der Waals surface area contributed by atoms with Crippen molar-refractivity contribution in [2.75, 3.05) is 31.1 Å². The lowest BCUT2D eigenvalue weighted by Gasteiger charge is -2.36. The van der Waals surface area contributed by atoms with Gasteiger partial charge in [-0.2, -0.15) is 0 Å². The van der Waals surface area contributed by atoms with Crippen LogP contribution in [0.3, 0.4) is 0 Å². The molecule has 0 atom stereocenters. The van der Waals surface area contributed by atoms with E-state index in [4.69, 9.17) is 0 Å². The number of aromatic nitrogens is 2. The van der Waals surface area contributed by atoms with E-state index in [0.717, 1.165) is 5.65 Å². The SMILES string of the molecule is O=C(c1cccc2nccn12)N1CCN(c2ccccc2F)CC1. The lowest BCUT2D eigenvalue weighted by atomic mass is 10.2. The third-order valence-electron chi connectivity index (χ3n) is 4.41. The van der Waals surface area contributed by atoms with E-state index < -0.39 is 0 Å². The van der Waals surface area contributed by atoms with Crippen molar-refractivity contribution in [2.45, 2.75) is 0 Å². The first kappa shape index (κ1) is 14.7. The fourth-order valence-corrected chi connectivity index (χ4v) is 3.14. The first-order chi connectivity index (χ1) is 11.7. The quantitative estimate of drug-likeness (QED) is 0.727. The van der Waals surface area contributed by atoms with Gasteiger partial charge in [0, 0.05) is 38.6 Å². The van der Waals surface area contributed by atoms with Gasteiger partial charge in [0.15, 0.2) is 0 Å². The molecule has 1 saturated heterocycles. The number of para-hydroxylation sites is 1. The van der Waals surface area contributed by atoms with Crippen LogP contribution < -0.4 is 4.90 Å². The maximum atomic E-state index is 13.9. The molecule has 24 heavy (non-hydrogen) atoms. The summed E-state index contributed by atoms with van der Waals surface area (Å²) in [4.78, 5) is 20.8. The molecule has 1 aliphatic rings. The van der Waals surface area contributed by atoms with E-state index >= 15 is 0 Å². The zero-order valence-corrected chi connectivity index (χ0v) is 13.1. The molecule has 0 aliphatic carbocycles. The molecule has 0 spiro atoms. The highest BCUT2D eigenvalue weighted by atomic mass is 19.1. The molecule has 122 valence electrons. The van der Waals surface area contributed by atoms with Crippen molar-refractivity contribution >= 4 is 17.2 Å². The molecular formula is C18H17FN4O. The summed E-state index contributed by atoms with van der Waals surface area (Å²) in [5.74, 6) is -0.243. The molecule has 1 aromatic carbocycles. The van der Waals surface area contributed by atoms with E-state index in [1.54, 1.807) is 35.0 Å². The summed E-state index contributed by atoms with van der Waals surface area (Å²) in [5.41, 5.74) is 1.96. The van der Waals surface area contributed by atoms with E-state index in [1.165, 1.54) is 6.07 Å². The van der Waals surface area contributed by atoms with Gasteiger partial charge in [0.05, 0.1) is 5.69 Å². The highest BCUT2D eigenvalue weighted by Gasteiger charge is 2.24. The van der Waals surface area contributed by atoms with Crippen LogP contribution in [0.2, 0.25) is 0 Å². The lowest BCUT2D eigenvalue weighted by molar-refractivity contribution is 0.0739. The van der Waals surface area contributed by atoms with Gasteiger partial charge in [-0.1, -0.05) is 18.2 Å². The largest absolute Gasteiger partial charge is 0.366 e. The molecule has 3 aromatic rings. The first-order valence-electron chi connectivity index (χ1n) is 7.95. The van der Waals surface area contributed by atoms with Gasteiger partial charge in [-0.05, 0) is 24.3 Å². The number of amides is 1. The fraction of sp³-hybridized carbons (Fsp3) is 0.222. The number of pyridine rings is 1. The van der Waals surface area contributed by atoms with Gasteiger partial charge in [0.2, 0.25) is 0 Å². The van der Waals surface area contributed by atoms with Gasteiger partial charge in [0.1, 0.15) is 17.2 Å². The van der Waals surface area contributed by atoms with Gasteiger partial charge in [-0.3, -0.25) is 9.20 Å². The van der Waals surface area contributed by atoms with E-state index in [2.05, 4.69) is 4.98 Å². The number of fused-ring (bicyclic) bond motifs is 1. The second-order valence-corrected chi connectivity index (χ2v) is 5.80. The number of carbonyl (C=O) groups is 1. The Bertz CT molecular complexity index is 883. The molecule has 2 aromatic heterocycles. The van der Waals surface area contributed by atoms with Crippen molar-refractivity contribution in [2.24, 2.45) is 0 Å². The lowest BCUT2D eigenvalue weighted by Crippen LogP contribution is -2.49. The molecule has 1 amide bonds. The minimum atomic E-state index is -0.222. The van der Waals surface area contributed by atoms with Crippen LogP contribution >= 0.6 is 0 Å². The number of hydrogen-bond donors (Lipinski definition) is 0. The number of anilines is 1. The van der Waals surface area contributed by atoms with Gasteiger partial charge in [0.25, 0.3) is 5.91 Å². The Kier molecular flexibility index (Phi) is 3.65. The highest BCUT2D eigenvalue weighted by Crippen LogP contribution is 2.21. The number of benzene rings is 1. The number of nitrogens with zero attached hydrogens (tertiary/aromatic N) is 4. The summed E-state index contributed by atoms with van der Waals surface area (Å²) in [5, 5.41) is 0. The molecule has 0 radical (unpaired) electrons. The van der Waals surface area contributed by atoms with E-state index in [9.17, 15) is 9.18 Å². The Morgan fingerprint density at radius 2 is 1.79 bits per heavy atom. The minimum absolute atomic E-state index is 0.0215. The Labute approximate surface area is 138 Å². The van der Waals surface area contributed by atoms with Crippen LogP contribution in [0.4, 0.5) is 10.1 Å².